The van der Waals surface area contributed by atoms with Crippen molar-refractivity contribution in [3.05, 3.63) is 97.2 Å². The monoisotopic (exact) mass is 531 g/mol. The Balaban J connectivity index is 1.15. The molecule has 8 nitrogen and oxygen atoms in total. The zero-order valence-corrected chi connectivity index (χ0v) is 22.1. The molecular formula is C29H33N5O3S. The summed E-state index contributed by atoms with van der Waals surface area (Å²) in [6, 6.07) is 28.4. The number of amides is 2. The Kier molecular flexibility index (Phi) is 7.95. The normalized spacial score (nSPS) is 16.4. The van der Waals surface area contributed by atoms with Gasteiger partial charge >= 0.3 is 6.03 Å². The number of benzene rings is 3. The van der Waals surface area contributed by atoms with Gasteiger partial charge in [-0.15, -0.1) is 0 Å². The summed E-state index contributed by atoms with van der Waals surface area (Å²) >= 11 is 0. The highest BCUT2D eigenvalue weighted by Crippen LogP contribution is 2.30. The molecule has 4 aromatic rings. The third-order valence-corrected chi connectivity index (χ3v) is 8.29. The van der Waals surface area contributed by atoms with Crippen LogP contribution in [0.15, 0.2) is 102 Å². The number of hydrogen-bond acceptors (Lipinski definition) is 5. The number of para-hydroxylation sites is 2. The van der Waals surface area contributed by atoms with Crippen molar-refractivity contribution in [3.63, 3.8) is 0 Å². The standard InChI is InChI=1S/C29H33N5O3S/c35-29(31-38(36,37)26-14-5-2-6-15-26)30-18-9-10-19-32-21-22-33(25-12-3-1-4-13-25)28(23-32)34-20-17-24-11-7-8-16-27(24)34/h1-8,11-17,20,28H,9-10,18-19,21-23H2,(H2,30,31,35). The van der Waals surface area contributed by atoms with Gasteiger partial charge in [0.2, 0.25) is 0 Å². The number of carbonyl (C=O) groups is 1. The van der Waals surface area contributed by atoms with Crippen LogP contribution in [0.5, 0.6) is 0 Å². The fourth-order valence-corrected chi connectivity index (χ4v) is 5.97. The van der Waals surface area contributed by atoms with Crippen molar-refractivity contribution in [1.29, 1.82) is 0 Å². The van der Waals surface area contributed by atoms with Crippen molar-refractivity contribution in [2.24, 2.45) is 0 Å². The number of carbonyl (C=O) groups excluding carboxylic acids is 1. The van der Waals surface area contributed by atoms with E-state index in [4.69, 9.17) is 0 Å². The summed E-state index contributed by atoms with van der Waals surface area (Å²) in [7, 11) is -3.87. The summed E-state index contributed by atoms with van der Waals surface area (Å²) in [6.45, 7) is 4.07. The second-order valence-electron chi connectivity index (χ2n) is 9.47. The molecule has 9 heteroatoms. The highest BCUT2D eigenvalue weighted by Gasteiger charge is 2.29. The van der Waals surface area contributed by atoms with Crippen molar-refractivity contribution in [3.8, 4) is 0 Å². The molecule has 1 unspecified atom stereocenters. The second-order valence-corrected chi connectivity index (χ2v) is 11.2. The molecule has 1 fully saturated rings. The van der Waals surface area contributed by atoms with Crippen LogP contribution in [0.1, 0.15) is 19.0 Å². The molecule has 1 aliphatic rings. The van der Waals surface area contributed by atoms with Gasteiger partial charge in [-0.1, -0.05) is 54.6 Å². The summed E-state index contributed by atoms with van der Waals surface area (Å²) in [5.41, 5.74) is 2.44. The molecule has 1 atom stereocenters. The zero-order chi connectivity index (χ0) is 26.4. The van der Waals surface area contributed by atoms with Crippen molar-refractivity contribution >= 4 is 32.6 Å². The van der Waals surface area contributed by atoms with Gasteiger partial charge in [-0.25, -0.2) is 17.9 Å². The minimum absolute atomic E-state index is 0.0646. The summed E-state index contributed by atoms with van der Waals surface area (Å²) in [5, 5.41) is 3.90. The molecule has 2 heterocycles. The third-order valence-electron chi connectivity index (χ3n) is 6.94. The van der Waals surface area contributed by atoms with Gasteiger partial charge in [0, 0.05) is 43.6 Å². The first-order valence-corrected chi connectivity index (χ1v) is 14.4. The van der Waals surface area contributed by atoms with E-state index in [0.29, 0.717) is 6.54 Å². The molecule has 198 valence electrons. The van der Waals surface area contributed by atoms with Gasteiger partial charge in [-0.2, -0.15) is 0 Å². The maximum Gasteiger partial charge on any atom is 0.328 e. The molecule has 2 amide bonds. The number of anilines is 1. The van der Waals surface area contributed by atoms with E-state index >= 15 is 0 Å². The molecule has 0 saturated carbocycles. The number of nitrogens with one attached hydrogen (secondary N) is 2. The Morgan fingerprint density at radius 3 is 2.34 bits per heavy atom. The van der Waals surface area contributed by atoms with E-state index in [1.165, 1.54) is 28.7 Å². The van der Waals surface area contributed by atoms with Crippen LogP contribution in [0, 0.1) is 0 Å². The number of piperazine rings is 1. The number of fused-ring (bicyclic) bond motifs is 1. The summed E-state index contributed by atoms with van der Waals surface area (Å²) in [4.78, 5) is 17.1. The Labute approximate surface area is 223 Å². The fraction of sp³-hybridized carbons (Fsp3) is 0.276. The van der Waals surface area contributed by atoms with Crippen LogP contribution >= 0.6 is 0 Å². The van der Waals surface area contributed by atoms with Crippen LogP contribution in [0.3, 0.4) is 0 Å². The van der Waals surface area contributed by atoms with Gasteiger partial charge in [0.05, 0.1) is 4.90 Å². The van der Waals surface area contributed by atoms with Crippen molar-refractivity contribution in [2.75, 3.05) is 37.6 Å². The Morgan fingerprint density at radius 1 is 0.842 bits per heavy atom. The van der Waals surface area contributed by atoms with Gasteiger partial charge in [0.15, 0.2) is 0 Å². The first-order valence-electron chi connectivity index (χ1n) is 13.0. The Hall–Kier alpha value is -3.82. The number of rotatable bonds is 9. The maximum absolute atomic E-state index is 12.3. The van der Waals surface area contributed by atoms with Crippen LogP contribution in [-0.4, -0.2) is 56.6 Å². The third kappa shape index (κ3) is 6.00. The lowest BCUT2D eigenvalue weighted by Crippen LogP contribution is -2.50. The highest BCUT2D eigenvalue weighted by atomic mass is 32.2. The van der Waals surface area contributed by atoms with E-state index in [1.54, 1.807) is 18.2 Å². The number of unbranched alkanes of at least 4 members (excludes halogenated alkanes) is 1. The smallest absolute Gasteiger partial charge is 0.328 e. The molecule has 5 rings (SSSR count). The lowest BCUT2D eigenvalue weighted by Gasteiger charge is -2.43. The minimum atomic E-state index is -3.87. The number of sulfonamides is 1. The first kappa shape index (κ1) is 25.8. The molecule has 3 aromatic carbocycles. The summed E-state index contributed by atoms with van der Waals surface area (Å²) in [6.07, 6.45) is 4.00. The van der Waals surface area contributed by atoms with E-state index < -0.39 is 16.1 Å². The van der Waals surface area contributed by atoms with Crippen molar-refractivity contribution in [2.45, 2.75) is 23.9 Å². The van der Waals surface area contributed by atoms with Gasteiger partial charge in [0.1, 0.15) is 6.17 Å². The molecule has 1 aromatic heterocycles. The van der Waals surface area contributed by atoms with E-state index in [2.05, 4.69) is 85.2 Å². The topological polar surface area (TPSA) is 86.7 Å². The van der Waals surface area contributed by atoms with Gasteiger partial charge in [-0.05, 0) is 61.2 Å². The average molecular weight is 532 g/mol. The Bertz CT molecular complexity index is 1460. The van der Waals surface area contributed by atoms with Crippen molar-refractivity contribution in [1.82, 2.24) is 19.5 Å². The second kappa shape index (κ2) is 11.7. The highest BCUT2D eigenvalue weighted by molar-refractivity contribution is 7.90. The summed E-state index contributed by atoms with van der Waals surface area (Å²) < 4.78 is 29.0. The molecule has 1 aliphatic heterocycles. The van der Waals surface area contributed by atoms with Gasteiger partial charge in [-0.3, -0.25) is 4.90 Å². The molecule has 0 aliphatic carbocycles. The lowest BCUT2D eigenvalue weighted by atomic mass is 10.2. The maximum atomic E-state index is 12.3. The van der Waals surface area contributed by atoms with Crippen molar-refractivity contribution < 1.29 is 13.2 Å². The van der Waals surface area contributed by atoms with Crippen LogP contribution < -0.4 is 14.9 Å². The predicted molar refractivity (Wildman–Crippen MR) is 151 cm³/mol. The fourth-order valence-electron chi connectivity index (χ4n) is 5.02. The number of aromatic nitrogens is 1. The van der Waals surface area contributed by atoms with Crippen LogP contribution in [-0.2, 0) is 10.0 Å². The number of nitrogens with zero attached hydrogens (tertiary/aromatic N) is 3. The van der Waals surface area contributed by atoms with E-state index in [1.807, 2.05) is 6.07 Å². The number of hydrogen-bond donors (Lipinski definition) is 2. The van der Waals surface area contributed by atoms with Gasteiger partial charge in [0.25, 0.3) is 10.0 Å². The van der Waals surface area contributed by atoms with E-state index in [-0.39, 0.29) is 11.1 Å². The first-order chi connectivity index (χ1) is 18.5. The molecule has 0 bridgehead atoms. The average Bonchev–Trinajstić information content (AvgIpc) is 3.38. The molecule has 1 saturated heterocycles. The minimum Gasteiger partial charge on any atom is -0.348 e. The van der Waals surface area contributed by atoms with Gasteiger partial charge < -0.3 is 14.8 Å². The molecule has 0 radical (unpaired) electrons. The largest absolute Gasteiger partial charge is 0.348 e. The molecule has 38 heavy (non-hydrogen) atoms. The predicted octanol–water partition coefficient (Wildman–Crippen LogP) is 4.43. The van der Waals surface area contributed by atoms with E-state index in [0.717, 1.165) is 39.0 Å². The molecule has 0 spiro atoms. The lowest BCUT2D eigenvalue weighted by molar-refractivity contribution is 0.192. The van der Waals surface area contributed by atoms with E-state index in [9.17, 15) is 13.2 Å². The Morgan fingerprint density at radius 2 is 1.55 bits per heavy atom. The number of urea groups is 1. The summed E-state index contributed by atoms with van der Waals surface area (Å²) in [5.74, 6) is 0. The van der Waals surface area contributed by atoms with Crippen LogP contribution in [0.25, 0.3) is 10.9 Å². The zero-order valence-electron chi connectivity index (χ0n) is 21.2. The SMILES string of the molecule is O=C(NCCCCN1CCN(c2ccccc2)C(n2ccc3ccccc32)C1)NS(=O)(=O)c1ccccc1. The molecular weight excluding hydrogens is 498 g/mol. The quantitative estimate of drug-likeness (QED) is 0.312. The molecule has 2 N–H and O–H groups in total. The van der Waals surface area contributed by atoms with Crippen LogP contribution in [0.2, 0.25) is 0 Å². The van der Waals surface area contributed by atoms with Crippen LogP contribution in [0.4, 0.5) is 10.5 Å².